The Morgan fingerprint density at radius 2 is 1.56 bits per heavy atom. The van der Waals surface area contributed by atoms with Crippen molar-refractivity contribution in [3.63, 3.8) is 0 Å². The number of hydrogen-bond acceptors (Lipinski definition) is 5. The van der Waals surface area contributed by atoms with Gasteiger partial charge in [0.2, 0.25) is 0 Å². The second-order valence-electron chi connectivity index (χ2n) is 4.65. The van der Waals surface area contributed by atoms with Crippen LogP contribution in [0, 0.1) is 0 Å². The molecule has 8 nitrogen and oxygen atoms in total. The lowest BCUT2D eigenvalue weighted by atomic mass is 10.0. The van der Waals surface area contributed by atoms with Gasteiger partial charge in [0.25, 0.3) is 5.60 Å². The molecule has 0 saturated carbocycles. The lowest BCUT2D eigenvalue weighted by molar-refractivity contribution is -0.176. The highest BCUT2D eigenvalue weighted by molar-refractivity contribution is 6.01. The van der Waals surface area contributed by atoms with E-state index in [1.54, 1.807) is 20.8 Å². The molecule has 0 atom stereocenters. The Labute approximate surface area is 104 Å². The lowest BCUT2D eigenvalue weighted by Crippen LogP contribution is -2.49. The number of nitrogens with one attached hydrogen (secondary N) is 1. The number of aliphatic hydroxyl groups is 1. The van der Waals surface area contributed by atoms with Crippen LogP contribution >= 0.6 is 0 Å². The number of rotatable bonds is 5. The van der Waals surface area contributed by atoms with Gasteiger partial charge in [-0.25, -0.2) is 14.4 Å². The van der Waals surface area contributed by atoms with E-state index in [2.05, 4.69) is 5.32 Å². The third kappa shape index (κ3) is 5.00. The van der Waals surface area contributed by atoms with Crippen molar-refractivity contribution in [1.29, 1.82) is 0 Å². The summed E-state index contributed by atoms with van der Waals surface area (Å²) in [5.41, 5.74) is -3.64. The summed E-state index contributed by atoms with van der Waals surface area (Å²) in [6.45, 7) is 4.57. The molecule has 0 rings (SSSR count). The first-order valence-corrected chi connectivity index (χ1v) is 5.15. The number of carboxylic acid groups (broad SMARTS) is 2. The van der Waals surface area contributed by atoms with Gasteiger partial charge in [0.05, 0.1) is 0 Å². The monoisotopic (exact) mass is 263 g/mol. The van der Waals surface area contributed by atoms with Gasteiger partial charge in [-0.1, -0.05) is 0 Å². The van der Waals surface area contributed by atoms with Gasteiger partial charge < -0.3 is 25.4 Å². The fourth-order valence-corrected chi connectivity index (χ4v) is 0.965. The molecule has 0 bridgehead atoms. The van der Waals surface area contributed by atoms with Crippen molar-refractivity contribution in [1.82, 2.24) is 5.32 Å². The molecule has 8 heteroatoms. The average Bonchev–Trinajstić information content (AvgIpc) is 2.13. The topological polar surface area (TPSA) is 133 Å². The second kappa shape index (κ2) is 5.67. The largest absolute Gasteiger partial charge is 0.479 e. The van der Waals surface area contributed by atoms with E-state index < -0.39 is 35.7 Å². The van der Waals surface area contributed by atoms with E-state index in [1.807, 2.05) is 0 Å². The van der Waals surface area contributed by atoms with Crippen LogP contribution in [0.4, 0.5) is 4.79 Å². The second-order valence-corrected chi connectivity index (χ2v) is 4.65. The molecule has 0 aromatic carbocycles. The number of hydrogen-bond donors (Lipinski definition) is 4. The van der Waals surface area contributed by atoms with Gasteiger partial charge in [-0.15, -0.1) is 0 Å². The van der Waals surface area contributed by atoms with E-state index in [9.17, 15) is 19.5 Å². The highest BCUT2D eigenvalue weighted by Gasteiger charge is 2.44. The number of carboxylic acids is 2. The molecule has 0 aliphatic heterocycles. The van der Waals surface area contributed by atoms with Gasteiger partial charge in [-0.2, -0.15) is 0 Å². The average molecular weight is 263 g/mol. The first-order chi connectivity index (χ1) is 7.99. The van der Waals surface area contributed by atoms with E-state index >= 15 is 0 Å². The minimum atomic E-state index is -2.92. The Morgan fingerprint density at radius 1 is 1.11 bits per heavy atom. The number of amides is 1. The van der Waals surface area contributed by atoms with Crippen molar-refractivity contribution in [3.8, 4) is 0 Å². The van der Waals surface area contributed by atoms with E-state index in [-0.39, 0.29) is 6.54 Å². The molecule has 0 heterocycles. The minimum Gasteiger partial charge on any atom is -0.479 e. The maximum atomic E-state index is 11.2. The van der Waals surface area contributed by atoms with Gasteiger partial charge in [0.15, 0.2) is 0 Å². The predicted molar refractivity (Wildman–Crippen MR) is 59.1 cm³/mol. The van der Waals surface area contributed by atoms with Crippen LogP contribution in [0.2, 0.25) is 0 Å². The Morgan fingerprint density at radius 3 is 1.89 bits per heavy atom. The van der Waals surface area contributed by atoms with Crippen LogP contribution in [0.15, 0.2) is 0 Å². The fraction of sp³-hybridized carbons (Fsp3) is 0.700. The predicted octanol–water partition coefficient (Wildman–Crippen LogP) is -0.198. The van der Waals surface area contributed by atoms with Crippen molar-refractivity contribution < 1.29 is 34.4 Å². The van der Waals surface area contributed by atoms with Gasteiger partial charge in [-0.3, -0.25) is 0 Å². The first-order valence-electron chi connectivity index (χ1n) is 5.15. The zero-order chi connectivity index (χ0) is 14.6. The first kappa shape index (κ1) is 16.2. The zero-order valence-corrected chi connectivity index (χ0v) is 10.4. The Bertz CT molecular complexity index is 331. The van der Waals surface area contributed by atoms with Crippen LogP contribution in [0.3, 0.4) is 0 Å². The maximum Gasteiger partial charge on any atom is 0.407 e. The van der Waals surface area contributed by atoms with Crippen molar-refractivity contribution >= 4 is 18.0 Å². The van der Waals surface area contributed by atoms with Crippen molar-refractivity contribution in [3.05, 3.63) is 0 Å². The summed E-state index contributed by atoms with van der Waals surface area (Å²) < 4.78 is 4.85. The number of ether oxygens (including phenoxy) is 1. The summed E-state index contributed by atoms with van der Waals surface area (Å²) in [6, 6.07) is 0. The number of carbonyl (C=O) groups excluding carboxylic acids is 1. The zero-order valence-electron chi connectivity index (χ0n) is 10.4. The molecule has 0 spiro atoms. The number of carbonyl (C=O) groups is 3. The molecule has 0 aliphatic rings. The van der Waals surface area contributed by atoms with Gasteiger partial charge in [-0.05, 0) is 20.8 Å². The number of alkyl carbamates (subject to hydrolysis) is 1. The molecule has 0 aromatic rings. The molecule has 18 heavy (non-hydrogen) atoms. The van der Waals surface area contributed by atoms with Gasteiger partial charge in [0.1, 0.15) is 5.60 Å². The highest BCUT2D eigenvalue weighted by Crippen LogP contribution is 2.11. The molecule has 0 radical (unpaired) electrons. The molecule has 4 N–H and O–H groups in total. The molecule has 104 valence electrons. The van der Waals surface area contributed by atoms with Crippen LogP contribution in [0.25, 0.3) is 0 Å². The standard InChI is InChI=1S/C10H17NO7/c1-9(2,3)18-8(16)11-5-4-10(17,6(12)13)7(14)15/h17H,4-5H2,1-3H3,(H,11,16)(H,12,13)(H,14,15). The molecule has 0 unspecified atom stereocenters. The maximum absolute atomic E-state index is 11.2. The molecule has 0 fully saturated rings. The van der Waals surface area contributed by atoms with Crippen LogP contribution in [0.1, 0.15) is 27.2 Å². The third-order valence-corrected chi connectivity index (χ3v) is 1.86. The van der Waals surface area contributed by atoms with E-state index in [0.717, 1.165) is 0 Å². The van der Waals surface area contributed by atoms with Crippen LogP contribution < -0.4 is 5.32 Å². The summed E-state index contributed by atoms with van der Waals surface area (Å²) in [5.74, 6) is -3.78. The van der Waals surface area contributed by atoms with Gasteiger partial charge >= 0.3 is 18.0 Å². The number of aliphatic carboxylic acids is 2. The summed E-state index contributed by atoms with van der Waals surface area (Å²) in [6.07, 6.45) is -1.49. The molecule has 0 saturated heterocycles. The molecule has 0 aromatic heterocycles. The van der Waals surface area contributed by atoms with Crippen LogP contribution in [0.5, 0.6) is 0 Å². The molecular weight excluding hydrogens is 246 g/mol. The summed E-state index contributed by atoms with van der Waals surface area (Å²) >= 11 is 0. The van der Waals surface area contributed by atoms with Crippen molar-refractivity contribution in [2.75, 3.05) is 6.54 Å². The van der Waals surface area contributed by atoms with Gasteiger partial charge in [0, 0.05) is 13.0 Å². The normalized spacial score (nSPS) is 11.8. The Balaban J connectivity index is 4.30. The minimum absolute atomic E-state index is 0.343. The third-order valence-electron chi connectivity index (χ3n) is 1.86. The Kier molecular flexibility index (Phi) is 5.10. The van der Waals surface area contributed by atoms with Crippen molar-refractivity contribution in [2.45, 2.75) is 38.4 Å². The fourth-order valence-electron chi connectivity index (χ4n) is 0.965. The van der Waals surface area contributed by atoms with E-state index in [0.29, 0.717) is 0 Å². The lowest BCUT2D eigenvalue weighted by Gasteiger charge is -2.21. The van der Waals surface area contributed by atoms with E-state index in [1.165, 1.54) is 0 Å². The molecule has 1 amide bonds. The Hall–Kier alpha value is -1.83. The molecule has 0 aliphatic carbocycles. The SMILES string of the molecule is CC(C)(C)OC(=O)NCCC(O)(C(=O)O)C(=O)O. The smallest absolute Gasteiger partial charge is 0.407 e. The van der Waals surface area contributed by atoms with Crippen LogP contribution in [-0.4, -0.2) is 51.1 Å². The molecular formula is C10H17NO7. The van der Waals surface area contributed by atoms with Crippen molar-refractivity contribution in [2.24, 2.45) is 0 Å². The quantitative estimate of drug-likeness (QED) is 0.505. The summed E-state index contributed by atoms with van der Waals surface area (Å²) in [5, 5.41) is 28.6. The van der Waals surface area contributed by atoms with Crippen LogP contribution in [-0.2, 0) is 14.3 Å². The summed E-state index contributed by atoms with van der Waals surface area (Å²) in [7, 11) is 0. The summed E-state index contributed by atoms with van der Waals surface area (Å²) in [4.78, 5) is 32.4. The van der Waals surface area contributed by atoms with E-state index in [4.69, 9.17) is 14.9 Å². The highest BCUT2D eigenvalue weighted by atomic mass is 16.6.